The largest absolute Gasteiger partial charge is 0.492 e. The molecule has 0 aliphatic rings. The van der Waals surface area contributed by atoms with E-state index in [0.717, 1.165) is 11.1 Å². The maximum Gasteiger partial charge on any atom is 0.278 e. The second-order valence-electron chi connectivity index (χ2n) is 8.63. The summed E-state index contributed by atoms with van der Waals surface area (Å²) < 4.78 is 10.1. The highest BCUT2D eigenvalue weighted by atomic mass is 32.2. The molecule has 5 aromatic rings. The smallest absolute Gasteiger partial charge is 0.278 e. The molecule has 10 heteroatoms. The number of nitrogens with one attached hydrogen (secondary N) is 1. The number of amides is 1. The highest BCUT2D eigenvalue weighted by Gasteiger charge is 2.21. The summed E-state index contributed by atoms with van der Waals surface area (Å²) >= 11 is 8.16. The number of benzene rings is 3. The van der Waals surface area contributed by atoms with E-state index in [-0.39, 0.29) is 17.2 Å². The van der Waals surface area contributed by atoms with Gasteiger partial charge in [0.1, 0.15) is 10.4 Å². The van der Waals surface area contributed by atoms with Crippen LogP contribution in [0.15, 0.2) is 88.8 Å². The Morgan fingerprint density at radius 2 is 1.69 bits per heavy atom. The third-order valence-electron chi connectivity index (χ3n) is 6.00. The van der Waals surface area contributed by atoms with Gasteiger partial charge in [-0.3, -0.25) is 18.7 Å². The number of carbonyl (C=O) groups is 1. The number of carbonyl (C=O) groups excluding carboxylic acids is 1. The number of thioether (sulfide) groups is 1. The molecule has 7 nitrogen and oxygen atoms in total. The van der Waals surface area contributed by atoms with Gasteiger partial charge in [-0.15, -0.1) is 0 Å². The fourth-order valence-electron chi connectivity index (χ4n) is 4.17. The summed E-state index contributed by atoms with van der Waals surface area (Å²) in [4.78, 5) is 31.7. The number of aromatic nitrogens is 3. The average molecular weight is 575 g/mol. The van der Waals surface area contributed by atoms with Crippen molar-refractivity contribution in [2.24, 2.45) is 0 Å². The Kier molecular flexibility index (Phi) is 8.25. The van der Waals surface area contributed by atoms with Gasteiger partial charge in [0.25, 0.3) is 5.56 Å². The lowest BCUT2D eigenvalue weighted by molar-refractivity contribution is -0.118. The van der Waals surface area contributed by atoms with E-state index in [1.165, 1.54) is 23.1 Å². The summed E-state index contributed by atoms with van der Waals surface area (Å²) in [5, 5.41) is 3.35. The predicted molar refractivity (Wildman–Crippen MR) is 160 cm³/mol. The van der Waals surface area contributed by atoms with Gasteiger partial charge in [-0.1, -0.05) is 83.8 Å². The number of nitrogens with zero attached hydrogens (tertiary/aromatic N) is 3. The van der Waals surface area contributed by atoms with Gasteiger partial charge in [0.2, 0.25) is 5.91 Å². The van der Waals surface area contributed by atoms with Crippen molar-refractivity contribution >= 4 is 51.6 Å². The monoisotopic (exact) mass is 574 g/mol. The molecular weight excluding hydrogens is 549 g/mol. The first-order valence-corrected chi connectivity index (χ1v) is 14.6. The summed E-state index contributed by atoms with van der Waals surface area (Å²) in [6.07, 6.45) is 0. The van der Waals surface area contributed by atoms with Gasteiger partial charge < -0.3 is 10.1 Å². The Morgan fingerprint density at radius 1 is 1.00 bits per heavy atom. The van der Waals surface area contributed by atoms with E-state index >= 15 is 0 Å². The molecule has 0 aliphatic carbocycles. The summed E-state index contributed by atoms with van der Waals surface area (Å²) in [5.74, 6) is 0.588. The second-order valence-corrected chi connectivity index (χ2v) is 11.2. The zero-order valence-corrected chi connectivity index (χ0v) is 23.9. The molecule has 0 atom stereocenters. The van der Waals surface area contributed by atoms with Crippen molar-refractivity contribution in [2.45, 2.75) is 25.5 Å². The van der Waals surface area contributed by atoms with Crippen LogP contribution >= 0.6 is 35.3 Å². The minimum Gasteiger partial charge on any atom is -0.492 e. The summed E-state index contributed by atoms with van der Waals surface area (Å²) in [6.45, 7) is 4.77. The first-order valence-electron chi connectivity index (χ1n) is 12.4. The van der Waals surface area contributed by atoms with E-state index < -0.39 is 0 Å². The number of rotatable bonds is 9. The Labute approximate surface area is 239 Å². The van der Waals surface area contributed by atoms with Crippen LogP contribution in [0, 0.1) is 10.9 Å². The van der Waals surface area contributed by atoms with Crippen LogP contribution < -0.4 is 15.6 Å². The Hall–Kier alpha value is -3.73. The van der Waals surface area contributed by atoms with Crippen molar-refractivity contribution in [1.29, 1.82) is 0 Å². The fourth-order valence-corrected chi connectivity index (χ4v) is 6.28. The molecule has 39 heavy (non-hydrogen) atoms. The average Bonchev–Trinajstić information content (AvgIpc) is 3.28. The van der Waals surface area contributed by atoms with Gasteiger partial charge in [0.05, 0.1) is 23.7 Å². The number of aryl methyl sites for hydroxylation is 1. The Morgan fingerprint density at radius 3 is 2.44 bits per heavy atom. The lowest BCUT2D eigenvalue weighted by Gasteiger charge is -2.15. The molecule has 0 aliphatic heterocycles. The van der Waals surface area contributed by atoms with E-state index in [0.29, 0.717) is 49.7 Å². The minimum atomic E-state index is -0.231. The minimum absolute atomic E-state index is 0.0943. The van der Waals surface area contributed by atoms with Crippen LogP contribution in [-0.2, 0) is 11.3 Å². The van der Waals surface area contributed by atoms with E-state index in [4.69, 9.17) is 21.9 Å². The zero-order valence-electron chi connectivity index (χ0n) is 21.4. The molecule has 3 aromatic carbocycles. The van der Waals surface area contributed by atoms with Crippen LogP contribution in [0.2, 0.25) is 0 Å². The SMILES string of the molecule is CCOc1ccccc1-n1c(=S)sc2c(=O)n(-c3ccccc3C)c(SCC(=O)NCc3ccccc3)nc21. The van der Waals surface area contributed by atoms with Crippen molar-refractivity contribution in [3.05, 3.63) is 104 Å². The Bertz CT molecular complexity index is 1760. The van der Waals surface area contributed by atoms with Gasteiger partial charge in [-0.2, -0.15) is 0 Å². The van der Waals surface area contributed by atoms with E-state index in [2.05, 4.69) is 5.32 Å². The highest BCUT2D eigenvalue weighted by molar-refractivity contribution is 7.99. The molecule has 0 fully saturated rings. The van der Waals surface area contributed by atoms with Crippen LogP contribution in [0.25, 0.3) is 21.7 Å². The number of hydrogen-bond donors (Lipinski definition) is 1. The van der Waals surface area contributed by atoms with Crippen molar-refractivity contribution < 1.29 is 9.53 Å². The van der Waals surface area contributed by atoms with Gasteiger partial charge in [-0.05, 0) is 55.4 Å². The molecule has 2 heterocycles. The van der Waals surface area contributed by atoms with Crippen LogP contribution in [0.3, 0.4) is 0 Å². The second kappa shape index (κ2) is 12.0. The predicted octanol–water partition coefficient (Wildman–Crippen LogP) is 6.08. The normalized spacial score (nSPS) is 11.0. The molecule has 2 aromatic heterocycles. The van der Waals surface area contributed by atoms with Crippen LogP contribution in [0.5, 0.6) is 5.75 Å². The molecule has 0 radical (unpaired) electrons. The molecule has 198 valence electrons. The lowest BCUT2D eigenvalue weighted by atomic mass is 10.2. The van der Waals surface area contributed by atoms with Gasteiger partial charge in [0.15, 0.2) is 14.8 Å². The molecular formula is C29H26N4O3S3. The maximum absolute atomic E-state index is 14.0. The number of hydrogen-bond acceptors (Lipinski definition) is 7. The van der Waals surface area contributed by atoms with Crippen molar-refractivity contribution in [3.63, 3.8) is 0 Å². The molecule has 5 rings (SSSR count). The molecule has 1 amide bonds. The van der Waals surface area contributed by atoms with E-state index in [1.807, 2.05) is 92.7 Å². The van der Waals surface area contributed by atoms with E-state index in [9.17, 15) is 9.59 Å². The van der Waals surface area contributed by atoms with Crippen LogP contribution in [-0.4, -0.2) is 32.4 Å². The standard InChI is InChI=1S/C29H26N4O3S3/c1-3-36-23-16-10-9-15-22(23)32-26-25(39-29(32)37)27(35)33(21-14-8-7-11-19(21)2)28(31-26)38-18-24(34)30-17-20-12-5-4-6-13-20/h4-16H,3,17-18H2,1-2H3,(H,30,34). The van der Waals surface area contributed by atoms with Crippen molar-refractivity contribution in [1.82, 2.24) is 19.4 Å². The lowest BCUT2D eigenvalue weighted by Crippen LogP contribution is -2.26. The van der Waals surface area contributed by atoms with Crippen molar-refractivity contribution in [3.8, 4) is 17.1 Å². The molecule has 0 bridgehead atoms. The Balaban J connectivity index is 1.59. The molecule has 1 N–H and O–H groups in total. The molecule has 0 unspecified atom stereocenters. The quantitative estimate of drug-likeness (QED) is 0.131. The highest BCUT2D eigenvalue weighted by Crippen LogP contribution is 2.31. The first kappa shape index (κ1) is 26.9. The van der Waals surface area contributed by atoms with E-state index in [1.54, 1.807) is 9.13 Å². The van der Waals surface area contributed by atoms with Crippen LogP contribution in [0.1, 0.15) is 18.1 Å². The number of para-hydroxylation sites is 3. The summed E-state index contributed by atoms with van der Waals surface area (Å²) in [5.41, 5.74) is 3.57. The third kappa shape index (κ3) is 5.68. The topological polar surface area (TPSA) is 78.1 Å². The fraction of sp³-hybridized carbons (Fsp3) is 0.172. The van der Waals surface area contributed by atoms with Crippen LogP contribution in [0.4, 0.5) is 0 Å². The summed E-state index contributed by atoms with van der Waals surface area (Å²) in [7, 11) is 0. The summed E-state index contributed by atoms with van der Waals surface area (Å²) in [6, 6.07) is 24.9. The number of thiazole rings is 1. The number of fused-ring (bicyclic) bond motifs is 1. The molecule has 0 spiro atoms. The van der Waals surface area contributed by atoms with Crippen molar-refractivity contribution in [2.75, 3.05) is 12.4 Å². The van der Waals surface area contributed by atoms with Gasteiger partial charge in [0, 0.05) is 6.54 Å². The number of ether oxygens (including phenoxy) is 1. The first-order chi connectivity index (χ1) is 19.0. The molecule has 0 saturated carbocycles. The molecule has 0 saturated heterocycles. The zero-order chi connectivity index (χ0) is 27.4. The van der Waals surface area contributed by atoms with Gasteiger partial charge in [-0.25, -0.2) is 4.98 Å². The third-order valence-corrected chi connectivity index (χ3v) is 8.29. The maximum atomic E-state index is 14.0. The van der Waals surface area contributed by atoms with Gasteiger partial charge >= 0.3 is 0 Å².